The molecule has 3 rings (SSSR count). The topological polar surface area (TPSA) is 35.6 Å². The van der Waals surface area contributed by atoms with Crippen LogP contribution in [-0.4, -0.2) is 37.1 Å². The molecule has 0 aliphatic carbocycles. The third-order valence-electron chi connectivity index (χ3n) is 4.37. The molecule has 0 atom stereocenters. The summed E-state index contributed by atoms with van der Waals surface area (Å²) < 4.78 is 0. The molecule has 1 fully saturated rings. The van der Waals surface area contributed by atoms with Gasteiger partial charge in [-0.1, -0.05) is 29.8 Å². The number of anilines is 2. The molecule has 126 valence electrons. The van der Waals surface area contributed by atoms with Crippen molar-refractivity contribution in [1.82, 2.24) is 4.90 Å². The van der Waals surface area contributed by atoms with Gasteiger partial charge in [0, 0.05) is 42.6 Å². The summed E-state index contributed by atoms with van der Waals surface area (Å²) in [5.41, 5.74) is 4.21. The molecule has 0 aromatic heterocycles. The fraction of sp³-hybridized carbons (Fsp3) is 0.316. The lowest BCUT2D eigenvalue weighted by molar-refractivity contribution is 0.208. The monoisotopic (exact) mass is 343 g/mol. The molecule has 1 aliphatic rings. The maximum atomic E-state index is 12.5. The van der Waals surface area contributed by atoms with E-state index in [4.69, 9.17) is 11.6 Å². The van der Waals surface area contributed by atoms with Crippen molar-refractivity contribution in [2.24, 2.45) is 0 Å². The van der Waals surface area contributed by atoms with Crippen LogP contribution in [-0.2, 0) is 0 Å². The van der Waals surface area contributed by atoms with Crippen LogP contribution in [0.2, 0.25) is 5.02 Å². The summed E-state index contributed by atoms with van der Waals surface area (Å²) in [6, 6.07) is 13.9. The van der Waals surface area contributed by atoms with Crippen LogP contribution < -0.4 is 10.2 Å². The van der Waals surface area contributed by atoms with Crippen molar-refractivity contribution in [2.45, 2.75) is 13.8 Å². The first-order valence-corrected chi connectivity index (χ1v) is 8.54. The lowest BCUT2D eigenvalue weighted by atomic mass is 10.1. The van der Waals surface area contributed by atoms with Crippen molar-refractivity contribution in [3.8, 4) is 0 Å². The third-order valence-corrected chi connectivity index (χ3v) is 4.61. The van der Waals surface area contributed by atoms with Gasteiger partial charge in [0.15, 0.2) is 0 Å². The minimum atomic E-state index is -0.0329. The minimum absolute atomic E-state index is 0.0329. The van der Waals surface area contributed by atoms with E-state index in [1.165, 1.54) is 0 Å². The molecule has 0 unspecified atom stereocenters. The fourth-order valence-electron chi connectivity index (χ4n) is 2.91. The third kappa shape index (κ3) is 3.82. The summed E-state index contributed by atoms with van der Waals surface area (Å²) in [6.45, 7) is 7.04. The van der Waals surface area contributed by atoms with Gasteiger partial charge in [-0.25, -0.2) is 4.79 Å². The molecule has 1 aliphatic heterocycles. The number of urea groups is 1. The summed E-state index contributed by atoms with van der Waals surface area (Å²) in [7, 11) is 0. The lowest BCUT2D eigenvalue weighted by Crippen LogP contribution is -2.50. The van der Waals surface area contributed by atoms with Crippen LogP contribution in [0.15, 0.2) is 42.5 Å². The molecular weight excluding hydrogens is 322 g/mol. The Morgan fingerprint density at radius 3 is 2.50 bits per heavy atom. The van der Waals surface area contributed by atoms with Crippen molar-refractivity contribution in [1.29, 1.82) is 0 Å². The number of rotatable bonds is 2. The number of benzene rings is 2. The zero-order valence-corrected chi connectivity index (χ0v) is 14.8. The highest BCUT2D eigenvalue weighted by Gasteiger charge is 2.21. The van der Waals surface area contributed by atoms with Crippen molar-refractivity contribution in [2.75, 3.05) is 36.4 Å². The Hall–Kier alpha value is -2.20. The van der Waals surface area contributed by atoms with Gasteiger partial charge in [-0.3, -0.25) is 0 Å². The predicted octanol–water partition coefficient (Wildman–Crippen LogP) is 4.31. The van der Waals surface area contributed by atoms with E-state index in [0.29, 0.717) is 13.1 Å². The SMILES string of the molecule is Cc1ccc(C)c(NC(=O)N2CCN(c3cccc(Cl)c3)CC2)c1. The standard InChI is InChI=1S/C19H22ClN3O/c1-14-6-7-15(2)18(12-14)21-19(24)23-10-8-22(9-11-23)17-5-3-4-16(20)13-17/h3-7,12-13H,8-11H2,1-2H3,(H,21,24). The number of nitrogens with zero attached hydrogens (tertiary/aromatic N) is 2. The Bertz CT molecular complexity index is 739. The Balaban J connectivity index is 1.60. The highest BCUT2D eigenvalue weighted by atomic mass is 35.5. The second-order valence-electron chi connectivity index (χ2n) is 6.20. The highest BCUT2D eigenvalue weighted by Crippen LogP contribution is 2.21. The van der Waals surface area contributed by atoms with E-state index in [2.05, 4.69) is 22.3 Å². The molecule has 0 radical (unpaired) electrons. The van der Waals surface area contributed by atoms with Gasteiger partial charge < -0.3 is 15.1 Å². The Labute approximate surface area is 148 Å². The molecule has 2 aromatic rings. The first-order chi connectivity index (χ1) is 11.5. The summed E-state index contributed by atoms with van der Waals surface area (Å²) in [6.07, 6.45) is 0. The van der Waals surface area contributed by atoms with Crippen LogP contribution >= 0.6 is 11.6 Å². The molecule has 1 saturated heterocycles. The largest absolute Gasteiger partial charge is 0.368 e. The molecule has 24 heavy (non-hydrogen) atoms. The van der Waals surface area contributed by atoms with Crippen molar-refractivity contribution >= 4 is 29.0 Å². The van der Waals surface area contributed by atoms with Gasteiger partial charge in [-0.2, -0.15) is 0 Å². The summed E-state index contributed by atoms with van der Waals surface area (Å²) in [4.78, 5) is 16.6. The summed E-state index contributed by atoms with van der Waals surface area (Å²) in [5.74, 6) is 0. The molecule has 0 spiro atoms. The number of halogens is 1. The zero-order valence-electron chi connectivity index (χ0n) is 14.1. The quantitative estimate of drug-likeness (QED) is 0.881. The molecular formula is C19H22ClN3O. The second-order valence-corrected chi connectivity index (χ2v) is 6.64. The highest BCUT2D eigenvalue weighted by molar-refractivity contribution is 6.30. The van der Waals surface area contributed by atoms with Crippen LogP contribution in [0, 0.1) is 13.8 Å². The van der Waals surface area contributed by atoms with E-state index in [9.17, 15) is 4.79 Å². The predicted molar refractivity (Wildman–Crippen MR) is 100 cm³/mol. The molecule has 4 nitrogen and oxygen atoms in total. The van der Waals surface area contributed by atoms with Crippen LogP contribution in [0.4, 0.5) is 16.2 Å². The summed E-state index contributed by atoms with van der Waals surface area (Å²) in [5, 5.41) is 3.77. The van der Waals surface area contributed by atoms with E-state index in [1.54, 1.807) is 0 Å². The number of carbonyl (C=O) groups excluding carboxylic acids is 1. The van der Waals surface area contributed by atoms with E-state index in [0.717, 1.165) is 40.6 Å². The van der Waals surface area contributed by atoms with Crippen LogP contribution in [0.25, 0.3) is 0 Å². The summed E-state index contributed by atoms with van der Waals surface area (Å²) >= 11 is 6.06. The van der Waals surface area contributed by atoms with Gasteiger partial charge in [0.1, 0.15) is 0 Å². The van der Waals surface area contributed by atoms with E-state index >= 15 is 0 Å². The Morgan fingerprint density at radius 1 is 1.04 bits per heavy atom. The van der Waals surface area contributed by atoms with Crippen molar-refractivity contribution in [3.05, 3.63) is 58.6 Å². The van der Waals surface area contributed by atoms with Gasteiger partial charge in [0.2, 0.25) is 0 Å². The Kier molecular flexibility index (Phi) is 4.95. The second kappa shape index (κ2) is 7.14. The van der Waals surface area contributed by atoms with Crippen LogP contribution in [0.1, 0.15) is 11.1 Å². The van der Waals surface area contributed by atoms with E-state index in [1.807, 2.05) is 49.1 Å². The van der Waals surface area contributed by atoms with Crippen LogP contribution in [0.5, 0.6) is 0 Å². The fourth-order valence-corrected chi connectivity index (χ4v) is 3.09. The van der Waals surface area contributed by atoms with Gasteiger partial charge in [-0.05, 0) is 49.2 Å². The molecule has 1 N–H and O–H groups in total. The average molecular weight is 344 g/mol. The number of amides is 2. The smallest absolute Gasteiger partial charge is 0.321 e. The number of aryl methyl sites for hydroxylation is 2. The van der Waals surface area contributed by atoms with Gasteiger partial charge in [-0.15, -0.1) is 0 Å². The molecule has 1 heterocycles. The molecule has 0 bridgehead atoms. The number of hydrogen-bond donors (Lipinski definition) is 1. The van der Waals surface area contributed by atoms with Gasteiger partial charge in [0.05, 0.1) is 0 Å². The normalized spacial score (nSPS) is 14.6. The maximum Gasteiger partial charge on any atom is 0.321 e. The van der Waals surface area contributed by atoms with Crippen molar-refractivity contribution in [3.63, 3.8) is 0 Å². The number of hydrogen-bond acceptors (Lipinski definition) is 2. The first-order valence-electron chi connectivity index (χ1n) is 8.16. The molecule has 2 amide bonds. The number of carbonyl (C=O) groups is 1. The van der Waals surface area contributed by atoms with E-state index in [-0.39, 0.29) is 6.03 Å². The minimum Gasteiger partial charge on any atom is -0.368 e. The number of nitrogens with one attached hydrogen (secondary N) is 1. The first kappa shape index (κ1) is 16.7. The Morgan fingerprint density at radius 2 is 1.79 bits per heavy atom. The number of piperazine rings is 1. The zero-order chi connectivity index (χ0) is 17.1. The molecule has 2 aromatic carbocycles. The van der Waals surface area contributed by atoms with Crippen LogP contribution in [0.3, 0.4) is 0 Å². The molecule has 0 saturated carbocycles. The average Bonchev–Trinajstić information content (AvgIpc) is 2.58. The maximum absolute atomic E-state index is 12.5. The van der Waals surface area contributed by atoms with Gasteiger partial charge >= 0.3 is 6.03 Å². The van der Waals surface area contributed by atoms with E-state index < -0.39 is 0 Å². The molecule has 5 heteroatoms. The van der Waals surface area contributed by atoms with Gasteiger partial charge in [0.25, 0.3) is 0 Å². The lowest BCUT2D eigenvalue weighted by Gasteiger charge is -2.36. The van der Waals surface area contributed by atoms with Crippen molar-refractivity contribution < 1.29 is 4.79 Å².